The van der Waals surface area contributed by atoms with Gasteiger partial charge >= 0.3 is 0 Å². The lowest BCUT2D eigenvalue weighted by Crippen LogP contribution is -2.33. The van der Waals surface area contributed by atoms with Gasteiger partial charge in [0.2, 0.25) is 5.88 Å². The van der Waals surface area contributed by atoms with Crippen molar-refractivity contribution in [2.45, 2.75) is 38.3 Å². The van der Waals surface area contributed by atoms with Gasteiger partial charge in [0, 0.05) is 19.0 Å². The molecule has 0 saturated heterocycles. The second kappa shape index (κ2) is 6.11. The van der Waals surface area contributed by atoms with Crippen LogP contribution in [0.5, 0.6) is 5.88 Å². The number of methoxy groups -OCH3 is 1. The number of ether oxygens (including phenoxy) is 2. The fourth-order valence-electron chi connectivity index (χ4n) is 2.46. The van der Waals surface area contributed by atoms with Crippen LogP contribution < -0.4 is 10.5 Å². The van der Waals surface area contributed by atoms with Crippen LogP contribution in [0.4, 0.5) is 0 Å². The van der Waals surface area contributed by atoms with Gasteiger partial charge in [-0.05, 0) is 32.1 Å². The van der Waals surface area contributed by atoms with Gasteiger partial charge in [-0.1, -0.05) is 0 Å². The molecule has 1 fully saturated rings. The summed E-state index contributed by atoms with van der Waals surface area (Å²) in [6, 6.07) is -0.110. The van der Waals surface area contributed by atoms with Gasteiger partial charge in [-0.2, -0.15) is 0 Å². The minimum Gasteiger partial charge on any atom is -0.480 e. The molecule has 0 bridgehead atoms. The summed E-state index contributed by atoms with van der Waals surface area (Å²) < 4.78 is 10.7. The highest BCUT2D eigenvalue weighted by molar-refractivity contribution is 5.20. The van der Waals surface area contributed by atoms with E-state index in [1.807, 2.05) is 6.92 Å². The quantitative estimate of drug-likeness (QED) is 0.833. The Balaban J connectivity index is 1.87. The van der Waals surface area contributed by atoms with Crippen molar-refractivity contribution in [3.63, 3.8) is 0 Å². The van der Waals surface area contributed by atoms with Crippen LogP contribution in [0.1, 0.15) is 37.9 Å². The first kappa shape index (κ1) is 13.2. The molecule has 0 amide bonds. The zero-order chi connectivity index (χ0) is 13.0. The van der Waals surface area contributed by atoms with E-state index in [0.717, 1.165) is 31.6 Å². The van der Waals surface area contributed by atoms with E-state index >= 15 is 0 Å². The van der Waals surface area contributed by atoms with Gasteiger partial charge < -0.3 is 15.2 Å². The first-order valence-corrected chi connectivity index (χ1v) is 6.46. The zero-order valence-electron chi connectivity index (χ0n) is 11.0. The van der Waals surface area contributed by atoms with Gasteiger partial charge in [-0.15, -0.1) is 0 Å². The Bertz CT molecular complexity index is 380. The summed E-state index contributed by atoms with van der Waals surface area (Å²) in [6.45, 7) is 2.82. The molecular weight excluding hydrogens is 230 g/mol. The predicted molar refractivity (Wildman–Crippen MR) is 68.3 cm³/mol. The van der Waals surface area contributed by atoms with Crippen LogP contribution >= 0.6 is 0 Å². The standard InChI is InChI=1S/C13H21N3O2/c1-3-18-10-6-9(7-10)8-11(14)12-13(17-2)16-5-4-15-12/h4-5,9-11H,3,6-8,14H2,1-2H3. The second-order valence-corrected chi connectivity index (χ2v) is 4.71. The highest BCUT2D eigenvalue weighted by atomic mass is 16.5. The van der Waals surface area contributed by atoms with Crippen molar-refractivity contribution in [1.29, 1.82) is 0 Å². The smallest absolute Gasteiger partial charge is 0.236 e. The maximum Gasteiger partial charge on any atom is 0.236 e. The van der Waals surface area contributed by atoms with Crippen molar-refractivity contribution in [3.05, 3.63) is 18.1 Å². The minimum atomic E-state index is -0.110. The van der Waals surface area contributed by atoms with Crippen molar-refractivity contribution >= 4 is 0 Å². The summed E-state index contributed by atoms with van der Waals surface area (Å²) in [6.07, 6.45) is 6.81. The summed E-state index contributed by atoms with van der Waals surface area (Å²) >= 11 is 0. The normalized spacial score (nSPS) is 24.4. The molecule has 0 aliphatic heterocycles. The molecule has 100 valence electrons. The SMILES string of the molecule is CCOC1CC(CC(N)c2nccnc2OC)C1. The summed E-state index contributed by atoms with van der Waals surface area (Å²) in [5, 5.41) is 0. The summed E-state index contributed by atoms with van der Waals surface area (Å²) in [7, 11) is 1.59. The van der Waals surface area contributed by atoms with E-state index in [-0.39, 0.29) is 6.04 Å². The Labute approximate surface area is 108 Å². The summed E-state index contributed by atoms with van der Waals surface area (Å²) in [4.78, 5) is 8.40. The van der Waals surface area contributed by atoms with Gasteiger partial charge in [0.1, 0.15) is 5.69 Å². The van der Waals surface area contributed by atoms with Gasteiger partial charge in [-0.3, -0.25) is 4.98 Å². The van der Waals surface area contributed by atoms with E-state index in [1.165, 1.54) is 0 Å². The number of hydrogen-bond acceptors (Lipinski definition) is 5. The van der Waals surface area contributed by atoms with E-state index < -0.39 is 0 Å². The van der Waals surface area contributed by atoms with Crippen molar-refractivity contribution in [3.8, 4) is 5.88 Å². The van der Waals surface area contributed by atoms with E-state index in [4.69, 9.17) is 15.2 Å². The monoisotopic (exact) mass is 251 g/mol. The maximum atomic E-state index is 6.18. The third-order valence-corrected chi connectivity index (χ3v) is 3.42. The molecule has 1 atom stereocenters. The molecule has 1 aromatic rings. The highest BCUT2D eigenvalue weighted by Crippen LogP contribution is 2.36. The Morgan fingerprint density at radius 1 is 1.39 bits per heavy atom. The number of aromatic nitrogens is 2. The maximum absolute atomic E-state index is 6.18. The molecule has 0 radical (unpaired) electrons. The van der Waals surface area contributed by atoms with Crippen molar-refractivity contribution in [2.24, 2.45) is 11.7 Å². The number of nitrogens with zero attached hydrogens (tertiary/aromatic N) is 2. The molecule has 1 aliphatic carbocycles. The highest BCUT2D eigenvalue weighted by Gasteiger charge is 2.31. The van der Waals surface area contributed by atoms with Crippen molar-refractivity contribution in [1.82, 2.24) is 9.97 Å². The van der Waals surface area contributed by atoms with Crippen LogP contribution in [0, 0.1) is 5.92 Å². The first-order valence-electron chi connectivity index (χ1n) is 6.46. The molecule has 1 aliphatic rings. The van der Waals surface area contributed by atoms with Crippen LogP contribution in [-0.4, -0.2) is 29.8 Å². The number of hydrogen-bond donors (Lipinski definition) is 1. The fourth-order valence-corrected chi connectivity index (χ4v) is 2.46. The van der Waals surface area contributed by atoms with E-state index in [2.05, 4.69) is 9.97 Å². The van der Waals surface area contributed by atoms with E-state index in [1.54, 1.807) is 19.5 Å². The predicted octanol–water partition coefficient (Wildman–Crippen LogP) is 1.69. The van der Waals surface area contributed by atoms with Crippen LogP contribution in [0.3, 0.4) is 0 Å². The van der Waals surface area contributed by atoms with E-state index in [9.17, 15) is 0 Å². The van der Waals surface area contributed by atoms with Crippen LogP contribution in [0.25, 0.3) is 0 Å². The number of nitrogens with two attached hydrogens (primary N) is 1. The lowest BCUT2D eigenvalue weighted by molar-refractivity contribution is -0.0283. The minimum absolute atomic E-state index is 0.110. The first-order chi connectivity index (χ1) is 8.74. The molecular formula is C13H21N3O2. The lowest BCUT2D eigenvalue weighted by atomic mass is 9.78. The van der Waals surface area contributed by atoms with Crippen LogP contribution in [0.15, 0.2) is 12.4 Å². The lowest BCUT2D eigenvalue weighted by Gasteiger charge is -2.36. The molecule has 0 spiro atoms. The summed E-state index contributed by atoms with van der Waals surface area (Å²) in [5.74, 6) is 1.16. The van der Waals surface area contributed by atoms with E-state index in [0.29, 0.717) is 17.9 Å². The Morgan fingerprint density at radius 2 is 2.11 bits per heavy atom. The van der Waals surface area contributed by atoms with Crippen molar-refractivity contribution in [2.75, 3.05) is 13.7 Å². The van der Waals surface area contributed by atoms with Crippen LogP contribution in [0.2, 0.25) is 0 Å². The molecule has 18 heavy (non-hydrogen) atoms. The van der Waals surface area contributed by atoms with Gasteiger partial charge in [0.25, 0.3) is 0 Å². The molecule has 5 heteroatoms. The second-order valence-electron chi connectivity index (χ2n) is 4.71. The number of rotatable bonds is 6. The molecule has 2 N–H and O–H groups in total. The molecule has 2 rings (SSSR count). The largest absolute Gasteiger partial charge is 0.480 e. The van der Waals surface area contributed by atoms with Crippen molar-refractivity contribution < 1.29 is 9.47 Å². The molecule has 5 nitrogen and oxygen atoms in total. The Hall–Kier alpha value is -1.20. The average molecular weight is 251 g/mol. The molecule has 1 unspecified atom stereocenters. The summed E-state index contributed by atoms with van der Waals surface area (Å²) in [5.41, 5.74) is 6.93. The van der Waals surface area contributed by atoms with Gasteiger partial charge in [0.05, 0.1) is 19.3 Å². The average Bonchev–Trinajstić information content (AvgIpc) is 2.36. The molecule has 1 aromatic heterocycles. The van der Waals surface area contributed by atoms with Crippen LogP contribution in [-0.2, 0) is 4.74 Å². The topological polar surface area (TPSA) is 70.3 Å². The third kappa shape index (κ3) is 2.97. The Morgan fingerprint density at radius 3 is 2.78 bits per heavy atom. The third-order valence-electron chi connectivity index (χ3n) is 3.42. The Kier molecular flexibility index (Phi) is 4.49. The molecule has 1 saturated carbocycles. The molecule has 0 aromatic carbocycles. The van der Waals surface area contributed by atoms with Gasteiger partial charge in [0.15, 0.2) is 0 Å². The zero-order valence-corrected chi connectivity index (χ0v) is 11.0. The fraction of sp³-hybridized carbons (Fsp3) is 0.692. The van der Waals surface area contributed by atoms with Gasteiger partial charge in [-0.25, -0.2) is 4.98 Å². The molecule has 1 heterocycles.